The maximum Gasteiger partial charge on any atom is 0.129 e. The van der Waals surface area contributed by atoms with Crippen molar-refractivity contribution in [2.24, 2.45) is 0 Å². The zero-order valence-electron chi connectivity index (χ0n) is 8.35. The van der Waals surface area contributed by atoms with Gasteiger partial charge in [-0.25, -0.2) is 8.78 Å². The van der Waals surface area contributed by atoms with E-state index in [4.69, 9.17) is 5.11 Å². The second kappa shape index (κ2) is 4.51. The predicted molar refractivity (Wildman–Crippen MR) is 51.1 cm³/mol. The van der Waals surface area contributed by atoms with Crippen LogP contribution in [0.1, 0.15) is 24.5 Å². The summed E-state index contributed by atoms with van der Waals surface area (Å²) in [6.45, 7) is 3.24. The van der Waals surface area contributed by atoms with Gasteiger partial charge in [-0.05, 0) is 44.4 Å². The molecule has 14 heavy (non-hydrogen) atoms. The van der Waals surface area contributed by atoms with E-state index >= 15 is 0 Å². The molecular formula is C11H14F2O. The number of hydrogen-bond acceptors (Lipinski definition) is 1. The summed E-state index contributed by atoms with van der Waals surface area (Å²) in [4.78, 5) is 0. The summed E-state index contributed by atoms with van der Waals surface area (Å²) in [6.07, 6.45) is 0.0714. The number of halogens is 2. The Labute approximate surface area is 82.4 Å². The minimum Gasteiger partial charge on any atom is -0.393 e. The summed E-state index contributed by atoms with van der Waals surface area (Å²) >= 11 is 0. The molecule has 0 amide bonds. The highest BCUT2D eigenvalue weighted by Crippen LogP contribution is 2.17. The van der Waals surface area contributed by atoms with Gasteiger partial charge in [-0.2, -0.15) is 0 Å². The topological polar surface area (TPSA) is 20.2 Å². The highest BCUT2D eigenvalue weighted by atomic mass is 19.1. The van der Waals surface area contributed by atoms with Crippen LogP contribution in [-0.2, 0) is 6.42 Å². The minimum atomic E-state index is -0.532. The molecule has 0 heterocycles. The van der Waals surface area contributed by atoms with Crippen molar-refractivity contribution >= 4 is 0 Å². The summed E-state index contributed by atoms with van der Waals surface area (Å²) in [5, 5.41) is 9.01. The van der Waals surface area contributed by atoms with Crippen LogP contribution in [0.3, 0.4) is 0 Å². The van der Waals surface area contributed by atoms with Crippen molar-refractivity contribution in [2.45, 2.75) is 32.8 Å². The van der Waals surface area contributed by atoms with Crippen molar-refractivity contribution in [3.05, 3.63) is 34.9 Å². The Morgan fingerprint density at radius 3 is 2.21 bits per heavy atom. The lowest BCUT2D eigenvalue weighted by Crippen LogP contribution is -2.04. The van der Waals surface area contributed by atoms with Crippen molar-refractivity contribution in [3.8, 4) is 0 Å². The zero-order valence-corrected chi connectivity index (χ0v) is 8.35. The van der Waals surface area contributed by atoms with Crippen molar-refractivity contribution < 1.29 is 13.9 Å². The standard InChI is InChI=1S/C11H14F2O/c1-7-5-10(12)9(11(13)6-7)4-3-8(2)14/h5-6,8,14H,3-4H2,1-2H3/t8-/m1/s1. The monoisotopic (exact) mass is 200 g/mol. The van der Waals surface area contributed by atoms with Crippen molar-refractivity contribution in [1.82, 2.24) is 0 Å². The number of aliphatic hydroxyl groups excluding tert-OH is 1. The SMILES string of the molecule is Cc1cc(F)c(CC[C@@H](C)O)c(F)c1. The van der Waals surface area contributed by atoms with Crippen LogP contribution >= 0.6 is 0 Å². The molecule has 1 N–H and O–H groups in total. The van der Waals surface area contributed by atoms with Crippen LogP contribution in [0, 0.1) is 18.6 Å². The third-order valence-electron chi connectivity index (χ3n) is 2.10. The first-order valence-electron chi connectivity index (χ1n) is 4.63. The summed E-state index contributed by atoms with van der Waals surface area (Å²) in [5.74, 6) is -1.05. The number of hydrogen-bond donors (Lipinski definition) is 1. The van der Waals surface area contributed by atoms with Gasteiger partial charge >= 0.3 is 0 Å². The van der Waals surface area contributed by atoms with Gasteiger partial charge in [-0.15, -0.1) is 0 Å². The maximum absolute atomic E-state index is 13.2. The lowest BCUT2D eigenvalue weighted by Gasteiger charge is -2.07. The van der Waals surface area contributed by atoms with Crippen LogP contribution in [0.5, 0.6) is 0 Å². The molecule has 0 saturated heterocycles. The Balaban J connectivity index is 2.86. The van der Waals surface area contributed by atoms with Crippen molar-refractivity contribution in [3.63, 3.8) is 0 Å². The van der Waals surface area contributed by atoms with Gasteiger partial charge < -0.3 is 5.11 Å². The number of aliphatic hydroxyl groups is 1. The Kier molecular flexibility index (Phi) is 3.58. The van der Waals surface area contributed by atoms with Gasteiger partial charge in [-0.1, -0.05) is 0 Å². The first-order chi connectivity index (χ1) is 6.50. The van der Waals surface area contributed by atoms with Gasteiger partial charge in [0.1, 0.15) is 11.6 Å². The van der Waals surface area contributed by atoms with E-state index in [-0.39, 0.29) is 12.0 Å². The third-order valence-corrected chi connectivity index (χ3v) is 2.10. The van der Waals surface area contributed by atoms with Crippen LogP contribution in [0.4, 0.5) is 8.78 Å². The molecule has 0 aliphatic carbocycles. The van der Waals surface area contributed by atoms with E-state index in [1.807, 2.05) is 0 Å². The highest BCUT2D eigenvalue weighted by molar-refractivity contribution is 5.25. The molecule has 0 fully saturated rings. The quantitative estimate of drug-likeness (QED) is 0.795. The molecule has 0 aromatic heterocycles. The summed E-state index contributed by atoms with van der Waals surface area (Å²) in [6, 6.07) is 2.61. The minimum absolute atomic E-state index is 0.0662. The molecule has 0 unspecified atom stereocenters. The highest BCUT2D eigenvalue weighted by Gasteiger charge is 2.10. The second-order valence-corrected chi connectivity index (χ2v) is 3.59. The van der Waals surface area contributed by atoms with E-state index in [1.165, 1.54) is 12.1 Å². The fourth-order valence-corrected chi connectivity index (χ4v) is 1.32. The smallest absolute Gasteiger partial charge is 0.129 e. The molecule has 3 heteroatoms. The van der Waals surface area contributed by atoms with Crippen LogP contribution < -0.4 is 0 Å². The molecule has 0 spiro atoms. The second-order valence-electron chi connectivity index (χ2n) is 3.59. The van der Waals surface area contributed by atoms with Crippen molar-refractivity contribution in [2.75, 3.05) is 0 Å². The lowest BCUT2D eigenvalue weighted by atomic mass is 10.0. The van der Waals surface area contributed by atoms with E-state index in [2.05, 4.69) is 0 Å². The molecule has 1 aromatic carbocycles. The Morgan fingerprint density at radius 1 is 1.29 bits per heavy atom. The normalized spacial score (nSPS) is 12.9. The van der Waals surface area contributed by atoms with Gasteiger partial charge in [-0.3, -0.25) is 0 Å². The van der Waals surface area contributed by atoms with Gasteiger partial charge in [0.05, 0.1) is 6.10 Å². The largest absolute Gasteiger partial charge is 0.393 e. The molecule has 1 atom stereocenters. The van der Waals surface area contributed by atoms with Crippen LogP contribution in [0.15, 0.2) is 12.1 Å². The third kappa shape index (κ3) is 2.77. The number of aryl methyl sites for hydroxylation is 1. The number of benzene rings is 1. The molecule has 0 radical (unpaired) electrons. The van der Waals surface area contributed by atoms with Crippen LogP contribution in [-0.4, -0.2) is 11.2 Å². The summed E-state index contributed by atoms with van der Waals surface area (Å²) < 4.78 is 26.5. The molecule has 1 rings (SSSR count). The average Bonchev–Trinajstić information content (AvgIpc) is 2.01. The molecule has 0 saturated carbocycles. The van der Waals surface area contributed by atoms with Crippen LogP contribution in [0.2, 0.25) is 0 Å². The molecular weight excluding hydrogens is 186 g/mol. The first-order valence-corrected chi connectivity index (χ1v) is 4.63. The summed E-state index contributed by atoms with van der Waals surface area (Å²) in [7, 11) is 0. The molecule has 0 aliphatic rings. The predicted octanol–water partition coefficient (Wildman–Crippen LogP) is 2.59. The molecule has 0 bridgehead atoms. The first kappa shape index (κ1) is 11.1. The van der Waals surface area contributed by atoms with E-state index in [0.717, 1.165) is 0 Å². The van der Waals surface area contributed by atoms with Crippen LogP contribution in [0.25, 0.3) is 0 Å². The zero-order chi connectivity index (χ0) is 10.7. The van der Waals surface area contributed by atoms with E-state index < -0.39 is 17.7 Å². The molecule has 1 aromatic rings. The lowest BCUT2D eigenvalue weighted by molar-refractivity contribution is 0.184. The average molecular weight is 200 g/mol. The molecule has 78 valence electrons. The Morgan fingerprint density at radius 2 is 1.79 bits per heavy atom. The van der Waals surface area contributed by atoms with Gasteiger partial charge in [0.15, 0.2) is 0 Å². The van der Waals surface area contributed by atoms with Gasteiger partial charge in [0.25, 0.3) is 0 Å². The Bertz CT molecular complexity index is 298. The summed E-state index contributed by atoms with van der Waals surface area (Å²) in [5.41, 5.74) is 0.636. The molecule has 1 nitrogen and oxygen atoms in total. The van der Waals surface area contributed by atoms with E-state index in [0.29, 0.717) is 12.0 Å². The van der Waals surface area contributed by atoms with Crippen molar-refractivity contribution in [1.29, 1.82) is 0 Å². The van der Waals surface area contributed by atoms with Gasteiger partial charge in [0, 0.05) is 5.56 Å². The fraction of sp³-hybridized carbons (Fsp3) is 0.455. The van der Waals surface area contributed by atoms with Gasteiger partial charge in [0.2, 0.25) is 0 Å². The fourth-order valence-electron chi connectivity index (χ4n) is 1.32. The van der Waals surface area contributed by atoms with E-state index in [9.17, 15) is 8.78 Å². The molecule has 0 aliphatic heterocycles. The number of rotatable bonds is 3. The van der Waals surface area contributed by atoms with E-state index in [1.54, 1.807) is 13.8 Å². The maximum atomic E-state index is 13.2. The Hall–Kier alpha value is -0.960.